The molecule has 1 aromatic heterocycles. The van der Waals surface area contributed by atoms with E-state index in [-0.39, 0.29) is 6.61 Å². The fourth-order valence-corrected chi connectivity index (χ4v) is 3.02. The lowest BCUT2D eigenvalue weighted by Gasteiger charge is -2.24. The van der Waals surface area contributed by atoms with Crippen molar-refractivity contribution in [2.75, 3.05) is 6.61 Å². The van der Waals surface area contributed by atoms with Gasteiger partial charge in [0.25, 0.3) is 11.9 Å². The molecule has 0 aliphatic heterocycles. The number of alkyl carbamates (subject to hydrolysis) is 1. The minimum Gasteiger partial charge on any atom is -0.485 e. The van der Waals surface area contributed by atoms with Crippen molar-refractivity contribution in [3.05, 3.63) is 59.4 Å². The number of carbonyl (C=O) groups is 4. The molecule has 0 fully saturated rings. The van der Waals surface area contributed by atoms with Crippen molar-refractivity contribution in [2.24, 2.45) is 0 Å². The largest absolute Gasteiger partial charge is 0.485 e. The lowest BCUT2D eigenvalue weighted by Crippen LogP contribution is -2.57. The Balaban J connectivity index is 2.15. The summed E-state index contributed by atoms with van der Waals surface area (Å²) in [5.74, 6) is -12.4. The van der Waals surface area contributed by atoms with Crippen LogP contribution in [0.3, 0.4) is 0 Å². The minimum absolute atomic E-state index is 0.102. The van der Waals surface area contributed by atoms with Crippen LogP contribution in [0.15, 0.2) is 30.3 Å². The average molecular weight is 587 g/mol. The zero-order chi connectivity index (χ0) is 30.9. The highest BCUT2D eigenvalue weighted by Gasteiger charge is 2.30. The summed E-state index contributed by atoms with van der Waals surface area (Å²) in [6, 6.07) is 4.28. The second-order valence-electron chi connectivity index (χ2n) is 9.71. The number of amides is 3. The summed E-state index contributed by atoms with van der Waals surface area (Å²) in [6.07, 6.45) is -0.959. The highest BCUT2D eigenvalue weighted by atomic mass is 19.2. The molecule has 1 aromatic carbocycles. The molecule has 224 valence electrons. The summed E-state index contributed by atoms with van der Waals surface area (Å²) in [5.41, 5.74) is -0.212. The predicted molar refractivity (Wildman–Crippen MR) is 134 cm³/mol. The van der Waals surface area contributed by atoms with Crippen molar-refractivity contribution in [3.63, 3.8) is 0 Å². The van der Waals surface area contributed by atoms with E-state index in [9.17, 15) is 36.7 Å². The van der Waals surface area contributed by atoms with Crippen LogP contribution in [0.2, 0.25) is 0 Å². The highest BCUT2D eigenvalue weighted by Crippen LogP contribution is 2.24. The average Bonchev–Trinajstić information content (AvgIpc) is 2.89. The summed E-state index contributed by atoms with van der Waals surface area (Å²) < 4.78 is 70.0. The van der Waals surface area contributed by atoms with Gasteiger partial charge in [-0.2, -0.15) is 22.5 Å². The number of nitrogens with zero attached hydrogens (tertiary/aromatic N) is 1. The molecule has 3 atom stereocenters. The molecule has 41 heavy (non-hydrogen) atoms. The molecule has 0 radical (unpaired) electrons. The third kappa shape index (κ3) is 10.2. The van der Waals surface area contributed by atoms with Gasteiger partial charge >= 0.3 is 12.1 Å². The first-order chi connectivity index (χ1) is 19.1. The van der Waals surface area contributed by atoms with Crippen molar-refractivity contribution in [2.45, 2.75) is 65.0 Å². The van der Waals surface area contributed by atoms with Gasteiger partial charge in [0, 0.05) is 0 Å². The van der Waals surface area contributed by atoms with Crippen molar-refractivity contribution < 1.29 is 51.0 Å². The number of esters is 1. The van der Waals surface area contributed by atoms with Gasteiger partial charge in [0.1, 0.15) is 36.9 Å². The lowest BCUT2D eigenvalue weighted by atomic mass is 10.2. The van der Waals surface area contributed by atoms with Crippen LogP contribution in [0.25, 0.3) is 0 Å². The molecule has 3 amide bonds. The van der Waals surface area contributed by atoms with Gasteiger partial charge in [-0.1, -0.05) is 30.3 Å². The SMILES string of the molecule is C[C@H](NC(=O)OC(C)(C)C)C(=O)N[C@@H](COc1c(F)c(F)nc(F)c1F)C(=O)N[C@@H](C)C(=O)OCc1ccccc1. The number of aromatic nitrogens is 1. The number of halogens is 4. The molecule has 0 spiro atoms. The summed E-state index contributed by atoms with van der Waals surface area (Å²) in [7, 11) is 0. The maximum Gasteiger partial charge on any atom is 0.408 e. The molecule has 1 heterocycles. The van der Waals surface area contributed by atoms with Gasteiger partial charge in [-0.15, -0.1) is 0 Å². The third-order valence-electron chi connectivity index (χ3n) is 5.05. The first kappa shape index (κ1) is 32.8. The number of hydrogen-bond donors (Lipinski definition) is 3. The first-order valence-electron chi connectivity index (χ1n) is 12.2. The second-order valence-corrected chi connectivity index (χ2v) is 9.71. The van der Waals surface area contributed by atoms with E-state index in [2.05, 4.69) is 20.9 Å². The lowest BCUT2D eigenvalue weighted by molar-refractivity contribution is -0.149. The van der Waals surface area contributed by atoms with Gasteiger partial charge in [-0.3, -0.25) is 9.59 Å². The van der Waals surface area contributed by atoms with Crippen LogP contribution in [0.4, 0.5) is 22.4 Å². The Morgan fingerprint density at radius 3 is 2.00 bits per heavy atom. The topological polar surface area (TPSA) is 145 Å². The van der Waals surface area contributed by atoms with E-state index in [1.54, 1.807) is 51.1 Å². The maximum atomic E-state index is 14.0. The Hall–Kier alpha value is -4.43. The van der Waals surface area contributed by atoms with Crippen molar-refractivity contribution in [1.82, 2.24) is 20.9 Å². The molecule has 0 bridgehead atoms. The molecule has 2 aromatic rings. The summed E-state index contributed by atoms with van der Waals surface area (Å²) in [6.45, 7) is 6.11. The summed E-state index contributed by atoms with van der Waals surface area (Å²) >= 11 is 0. The van der Waals surface area contributed by atoms with Crippen LogP contribution >= 0.6 is 0 Å². The minimum atomic E-state index is -2.01. The monoisotopic (exact) mass is 586 g/mol. The molecule has 11 nitrogen and oxygen atoms in total. The van der Waals surface area contributed by atoms with Crippen molar-refractivity contribution in [1.29, 1.82) is 0 Å². The van der Waals surface area contributed by atoms with E-state index in [0.717, 1.165) is 0 Å². The van der Waals surface area contributed by atoms with Crippen molar-refractivity contribution >= 4 is 23.9 Å². The van der Waals surface area contributed by atoms with Crippen LogP contribution in [-0.2, 0) is 30.5 Å². The fraction of sp³-hybridized carbons (Fsp3) is 0.423. The predicted octanol–water partition coefficient (Wildman–Crippen LogP) is 2.66. The van der Waals surface area contributed by atoms with Crippen LogP contribution in [0.5, 0.6) is 5.75 Å². The Kier molecular flexibility index (Phi) is 11.4. The molecular formula is C26H30F4N4O7. The van der Waals surface area contributed by atoms with E-state index >= 15 is 0 Å². The molecule has 0 saturated carbocycles. The zero-order valence-electron chi connectivity index (χ0n) is 22.8. The number of rotatable bonds is 11. The molecule has 0 aliphatic carbocycles. The molecule has 0 aliphatic rings. The van der Waals surface area contributed by atoms with E-state index in [4.69, 9.17) is 14.2 Å². The Bertz CT molecular complexity index is 1230. The number of nitrogens with one attached hydrogen (secondary N) is 3. The number of benzene rings is 1. The zero-order valence-corrected chi connectivity index (χ0v) is 22.8. The van der Waals surface area contributed by atoms with Crippen molar-refractivity contribution in [3.8, 4) is 5.75 Å². The highest BCUT2D eigenvalue weighted by molar-refractivity contribution is 5.93. The molecule has 3 N–H and O–H groups in total. The van der Waals surface area contributed by atoms with Crippen LogP contribution in [0.1, 0.15) is 40.2 Å². The van der Waals surface area contributed by atoms with Gasteiger partial charge in [0.15, 0.2) is 0 Å². The van der Waals surface area contributed by atoms with Crippen LogP contribution < -0.4 is 20.7 Å². The van der Waals surface area contributed by atoms with E-state index < -0.39 is 83.5 Å². The maximum absolute atomic E-state index is 14.0. The van der Waals surface area contributed by atoms with Crippen LogP contribution in [-0.4, -0.2) is 59.2 Å². The van der Waals surface area contributed by atoms with Gasteiger partial charge in [-0.05, 0) is 40.2 Å². The van der Waals surface area contributed by atoms with E-state index in [1.165, 1.54) is 13.8 Å². The quantitative estimate of drug-likeness (QED) is 0.207. The number of ether oxygens (including phenoxy) is 3. The number of carbonyl (C=O) groups excluding carboxylic acids is 4. The first-order valence-corrected chi connectivity index (χ1v) is 12.2. The second kappa shape index (κ2) is 14.3. The molecule has 15 heteroatoms. The van der Waals surface area contributed by atoms with E-state index in [0.29, 0.717) is 5.56 Å². The smallest absolute Gasteiger partial charge is 0.408 e. The number of pyridine rings is 1. The molecular weight excluding hydrogens is 556 g/mol. The van der Waals surface area contributed by atoms with Gasteiger partial charge in [-0.25, -0.2) is 9.59 Å². The third-order valence-corrected chi connectivity index (χ3v) is 5.05. The van der Waals surface area contributed by atoms with Gasteiger partial charge in [0.2, 0.25) is 29.2 Å². The molecule has 0 saturated heterocycles. The standard InChI is InChI=1S/C26H30F4N4O7/c1-13(32-25(38)41-26(3,4)5)22(35)33-16(12-39-19-17(27)20(29)34-21(30)18(19)28)23(36)31-14(2)24(37)40-11-15-9-7-6-8-10-15/h6-10,13-14,16H,11-12H2,1-5H3,(H,31,36)(H,32,38)(H,33,35)/t13-,14-,16-/m0/s1. The Labute approximate surface area is 232 Å². The Morgan fingerprint density at radius 1 is 0.854 bits per heavy atom. The Morgan fingerprint density at radius 2 is 1.44 bits per heavy atom. The normalized spacial score (nSPS) is 13.3. The van der Waals surface area contributed by atoms with E-state index in [1.807, 2.05) is 0 Å². The van der Waals surface area contributed by atoms with Gasteiger partial charge in [0.05, 0.1) is 0 Å². The summed E-state index contributed by atoms with van der Waals surface area (Å²) in [5, 5.41) is 6.66. The summed E-state index contributed by atoms with van der Waals surface area (Å²) in [4.78, 5) is 52.4. The molecule has 0 unspecified atom stereocenters. The number of hydrogen-bond acceptors (Lipinski definition) is 8. The molecule has 2 rings (SSSR count). The fourth-order valence-electron chi connectivity index (χ4n) is 3.02. The van der Waals surface area contributed by atoms with Crippen LogP contribution in [0, 0.1) is 23.5 Å². The van der Waals surface area contributed by atoms with Gasteiger partial charge < -0.3 is 30.2 Å².